The van der Waals surface area contributed by atoms with Crippen LogP contribution in [0.1, 0.15) is 87.3 Å². The van der Waals surface area contributed by atoms with Gasteiger partial charge in [0.25, 0.3) is 6.43 Å². The van der Waals surface area contributed by atoms with Gasteiger partial charge in [0.15, 0.2) is 0 Å². The number of rotatable bonds is 5. The molecule has 146 valence electrons. The summed E-state index contributed by atoms with van der Waals surface area (Å²) >= 11 is 0. The molecule has 1 saturated heterocycles. The van der Waals surface area contributed by atoms with Gasteiger partial charge in [-0.1, -0.05) is 44.7 Å². The molecule has 0 spiro atoms. The zero-order valence-electron chi connectivity index (χ0n) is 15.9. The monoisotopic (exact) mass is 368 g/mol. The number of hydrogen-bond acceptors (Lipinski definition) is 1. The van der Waals surface area contributed by atoms with Crippen molar-refractivity contribution in [2.75, 3.05) is 6.61 Å². The lowest BCUT2D eigenvalue weighted by Gasteiger charge is -2.38. The molecule has 0 bridgehead atoms. The van der Waals surface area contributed by atoms with Crippen molar-refractivity contribution in [3.05, 3.63) is 34.6 Å². The first kappa shape index (κ1) is 19.7. The predicted molar refractivity (Wildman–Crippen MR) is 98.2 cm³/mol. The molecule has 1 saturated carbocycles. The molecular formula is C22H31F3O. The van der Waals surface area contributed by atoms with Gasteiger partial charge in [-0.2, -0.15) is 0 Å². The second-order valence-electron chi connectivity index (χ2n) is 8.22. The van der Waals surface area contributed by atoms with Gasteiger partial charge in [-0.05, 0) is 55.6 Å². The largest absolute Gasteiger partial charge is 0.377 e. The molecule has 2 aliphatic rings. The molecule has 1 aromatic rings. The quantitative estimate of drug-likeness (QED) is 0.547. The molecule has 2 atom stereocenters. The Labute approximate surface area is 155 Å². The van der Waals surface area contributed by atoms with E-state index in [4.69, 9.17) is 4.74 Å². The standard InChI is InChI=1S/C22H31F3O/c1-3-4-15-6-8-16(9-7-15)19-12-10-17(13-26-19)18-11-5-14(2)21(23)20(18)22(24)25/h5,11,15-17,19,22H,3-4,6-10,12-13H2,1-2H3. The summed E-state index contributed by atoms with van der Waals surface area (Å²) in [6.45, 7) is 4.22. The van der Waals surface area contributed by atoms with Gasteiger partial charge in [-0.3, -0.25) is 0 Å². The van der Waals surface area contributed by atoms with Crippen LogP contribution in [0.2, 0.25) is 0 Å². The number of ether oxygens (including phenoxy) is 1. The fourth-order valence-electron chi connectivity index (χ4n) is 4.94. The first-order chi connectivity index (χ1) is 12.5. The second kappa shape index (κ2) is 8.77. The van der Waals surface area contributed by atoms with Gasteiger partial charge >= 0.3 is 0 Å². The molecule has 1 aromatic carbocycles. The van der Waals surface area contributed by atoms with Crippen molar-refractivity contribution in [2.24, 2.45) is 11.8 Å². The minimum Gasteiger partial charge on any atom is -0.377 e. The van der Waals surface area contributed by atoms with E-state index < -0.39 is 17.8 Å². The summed E-state index contributed by atoms with van der Waals surface area (Å²) < 4.78 is 47.2. The summed E-state index contributed by atoms with van der Waals surface area (Å²) in [6.07, 6.45) is 6.79. The van der Waals surface area contributed by atoms with E-state index in [1.807, 2.05) is 0 Å². The molecule has 2 unspecified atom stereocenters. The van der Waals surface area contributed by atoms with Crippen molar-refractivity contribution in [1.29, 1.82) is 0 Å². The van der Waals surface area contributed by atoms with Crippen LogP contribution in [0, 0.1) is 24.6 Å². The Morgan fingerprint density at radius 1 is 1.08 bits per heavy atom. The SMILES string of the molecule is CCCC1CCC(C2CCC(c3ccc(C)c(F)c3C(F)F)CO2)CC1. The maximum absolute atomic E-state index is 14.2. The molecule has 1 nitrogen and oxygen atoms in total. The van der Waals surface area contributed by atoms with Crippen LogP contribution in [0.5, 0.6) is 0 Å². The van der Waals surface area contributed by atoms with Gasteiger partial charge in [-0.15, -0.1) is 0 Å². The minimum absolute atomic E-state index is 0.123. The van der Waals surface area contributed by atoms with Gasteiger partial charge in [-0.25, -0.2) is 13.2 Å². The van der Waals surface area contributed by atoms with E-state index in [9.17, 15) is 13.2 Å². The average Bonchev–Trinajstić information content (AvgIpc) is 2.64. The Morgan fingerprint density at radius 2 is 1.81 bits per heavy atom. The van der Waals surface area contributed by atoms with Crippen LogP contribution in [0.4, 0.5) is 13.2 Å². The smallest absolute Gasteiger partial charge is 0.266 e. The van der Waals surface area contributed by atoms with Crippen molar-refractivity contribution in [2.45, 2.75) is 83.7 Å². The van der Waals surface area contributed by atoms with Crippen molar-refractivity contribution in [3.8, 4) is 0 Å². The predicted octanol–water partition coefficient (Wildman–Crippen LogP) is 6.94. The summed E-state index contributed by atoms with van der Waals surface area (Å²) in [5, 5.41) is 0. The van der Waals surface area contributed by atoms with Crippen LogP contribution in [0.15, 0.2) is 12.1 Å². The first-order valence-electron chi connectivity index (χ1n) is 10.2. The summed E-state index contributed by atoms with van der Waals surface area (Å²) in [5.41, 5.74) is 0.299. The molecule has 0 N–H and O–H groups in total. The summed E-state index contributed by atoms with van der Waals surface area (Å²) in [7, 11) is 0. The molecule has 1 heterocycles. The molecule has 1 aliphatic carbocycles. The number of halogens is 3. The fourth-order valence-corrected chi connectivity index (χ4v) is 4.94. The molecule has 26 heavy (non-hydrogen) atoms. The third-order valence-electron chi connectivity index (χ3n) is 6.49. The Hall–Kier alpha value is -1.03. The molecule has 0 radical (unpaired) electrons. The normalized spacial score (nSPS) is 29.9. The van der Waals surface area contributed by atoms with E-state index in [1.54, 1.807) is 12.1 Å². The van der Waals surface area contributed by atoms with Crippen molar-refractivity contribution in [1.82, 2.24) is 0 Å². The molecule has 4 heteroatoms. The zero-order chi connectivity index (χ0) is 18.7. The van der Waals surface area contributed by atoms with Gasteiger partial charge in [0.1, 0.15) is 5.82 Å². The Balaban J connectivity index is 1.60. The van der Waals surface area contributed by atoms with E-state index >= 15 is 0 Å². The fraction of sp³-hybridized carbons (Fsp3) is 0.727. The third-order valence-corrected chi connectivity index (χ3v) is 6.49. The Morgan fingerprint density at radius 3 is 2.38 bits per heavy atom. The first-order valence-corrected chi connectivity index (χ1v) is 10.2. The van der Waals surface area contributed by atoms with E-state index in [-0.39, 0.29) is 17.6 Å². The van der Waals surface area contributed by atoms with Crippen LogP contribution >= 0.6 is 0 Å². The highest BCUT2D eigenvalue weighted by atomic mass is 19.3. The summed E-state index contributed by atoms with van der Waals surface area (Å²) in [6, 6.07) is 3.28. The van der Waals surface area contributed by atoms with Crippen molar-refractivity contribution < 1.29 is 17.9 Å². The van der Waals surface area contributed by atoms with Crippen LogP contribution in [-0.4, -0.2) is 12.7 Å². The van der Waals surface area contributed by atoms with E-state index in [0.717, 1.165) is 18.8 Å². The van der Waals surface area contributed by atoms with Gasteiger partial charge in [0.2, 0.25) is 0 Å². The van der Waals surface area contributed by atoms with Crippen LogP contribution in [0.3, 0.4) is 0 Å². The lowest BCUT2D eigenvalue weighted by Crippen LogP contribution is -2.34. The molecule has 2 fully saturated rings. The lowest BCUT2D eigenvalue weighted by molar-refractivity contribution is -0.0440. The van der Waals surface area contributed by atoms with E-state index in [1.165, 1.54) is 45.4 Å². The maximum Gasteiger partial charge on any atom is 0.266 e. The topological polar surface area (TPSA) is 9.23 Å². The van der Waals surface area contributed by atoms with Crippen LogP contribution in [-0.2, 0) is 4.74 Å². The van der Waals surface area contributed by atoms with E-state index in [2.05, 4.69) is 6.92 Å². The molecule has 1 aliphatic heterocycles. The van der Waals surface area contributed by atoms with Gasteiger partial charge in [0.05, 0.1) is 18.3 Å². The highest BCUT2D eigenvalue weighted by Gasteiger charge is 2.33. The molecule has 0 amide bonds. The highest BCUT2D eigenvalue weighted by Crippen LogP contribution is 2.41. The number of aryl methyl sites for hydroxylation is 1. The van der Waals surface area contributed by atoms with Gasteiger partial charge in [0, 0.05) is 5.92 Å². The maximum atomic E-state index is 14.2. The zero-order valence-corrected chi connectivity index (χ0v) is 15.9. The van der Waals surface area contributed by atoms with Crippen LogP contribution in [0.25, 0.3) is 0 Å². The number of hydrogen-bond donors (Lipinski definition) is 0. The van der Waals surface area contributed by atoms with Crippen molar-refractivity contribution >= 4 is 0 Å². The number of alkyl halides is 2. The van der Waals surface area contributed by atoms with Gasteiger partial charge < -0.3 is 4.74 Å². The van der Waals surface area contributed by atoms with Crippen LogP contribution < -0.4 is 0 Å². The second-order valence-corrected chi connectivity index (χ2v) is 8.22. The highest BCUT2D eigenvalue weighted by molar-refractivity contribution is 5.37. The average molecular weight is 368 g/mol. The van der Waals surface area contributed by atoms with E-state index in [0.29, 0.717) is 18.1 Å². The molecular weight excluding hydrogens is 337 g/mol. The Kier molecular flexibility index (Phi) is 6.65. The lowest BCUT2D eigenvalue weighted by atomic mass is 9.75. The minimum atomic E-state index is -2.78. The third kappa shape index (κ3) is 4.27. The summed E-state index contributed by atoms with van der Waals surface area (Å²) in [4.78, 5) is 0. The molecule has 3 rings (SSSR count). The number of benzene rings is 1. The molecule has 0 aromatic heterocycles. The van der Waals surface area contributed by atoms with Crippen molar-refractivity contribution in [3.63, 3.8) is 0 Å². The summed E-state index contributed by atoms with van der Waals surface area (Å²) in [5.74, 6) is 0.598. The Bertz CT molecular complexity index is 585.